The van der Waals surface area contributed by atoms with E-state index >= 15 is 0 Å². The van der Waals surface area contributed by atoms with Crippen LogP contribution in [0.4, 0.5) is 0 Å². The third-order valence-corrected chi connectivity index (χ3v) is 3.16. The summed E-state index contributed by atoms with van der Waals surface area (Å²) in [4.78, 5) is 15.8. The Bertz CT molecular complexity index is 333. The maximum Gasteiger partial charge on any atom is 0.140 e. The van der Waals surface area contributed by atoms with Gasteiger partial charge in [-0.05, 0) is 36.7 Å². The second-order valence-corrected chi connectivity index (χ2v) is 4.21. The van der Waals surface area contributed by atoms with E-state index in [9.17, 15) is 4.79 Å². The maximum atomic E-state index is 11.9. The van der Waals surface area contributed by atoms with Crippen molar-refractivity contribution in [1.82, 2.24) is 10.3 Å². The van der Waals surface area contributed by atoms with Crippen LogP contribution in [0.2, 0.25) is 0 Å². The molecule has 0 saturated carbocycles. The Labute approximate surface area is 89.9 Å². The number of carbonyl (C=O) groups excluding carboxylic acids is 1. The molecule has 1 fully saturated rings. The molecular weight excluding hydrogens is 188 g/mol. The topological polar surface area (TPSA) is 42.0 Å². The largest absolute Gasteiger partial charge is 0.316 e. The Hall–Kier alpha value is -1.22. The number of Topliss-reactive ketones (excluding diaryl/α,β-unsaturated/α-hetero) is 1. The Kier molecular flexibility index (Phi) is 3.11. The van der Waals surface area contributed by atoms with Crippen LogP contribution in [0, 0.1) is 11.8 Å². The number of nitrogens with one attached hydrogen (secondary N) is 1. The van der Waals surface area contributed by atoms with Gasteiger partial charge in [-0.25, -0.2) is 0 Å². The van der Waals surface area contributed by atoms with Gasteiger partial charge in [0.25, 0.3) is 0 Å². The van der Waals surface area contributed by atoms with Crippen LogP contribution in [-0.4, -0.2) is 23.9 Å². The summed E-state index contributed by atoms with van der Waals surface area (Å²) in [7, 11) is 0. The molecule has 3 heteroatoms. The van der Waals surface area contributed by atoms with Crippen LogP contribution in [0.3, 0.4) is 0 Å². The molecule has 3 nitrogen and oxygen atoms in total. The monoisotopic (exact) mass is 204 g/mol. The number of ketones is 1. The zero-order valence-electron chi connectivity index (χ0n) is 8.94. The van der Waals surface area contributed by atoms with Crippen LogP contribution < -0.4 is 5.32 Å². The van der Waals surface area contributed by atoms with E-state index < -0.39 is 0 Å². The number of carbonyl (C=O) groups is 1. The summed E-state index contributed by atoms with van der Waals surface area (Å²) in [5.41, 5.74) is 1.06. The Morgan fingerprint density at radius 1 is 1.53 bits per heavy atom. The minimum absolute atomic E-state index is 0.180. The summed E-state index contributed by atoms with van der Waals surface area (Å²) in [6.07, 6.45) is 4.01. The van der Waals surface area contributed by atoms with Gasteiger partial charge < -0.3 is 5.32 Å². The summed E-state index contributed by atoms with van der Waals surface area (Å²) in [5, 5.41) is 3.20. The molecule has 2 rings (SSSR count). The van der Waals surface area contributed by atoms with Gasteiger partial charge in [-0.3, -0.25) is 9.78 Å². The highest BCUT2D eigenvalue weighted by Crippen LogP contribution is 2.18. The first kappa shape index (κ1) is 10.3. The van der Waals surface area contributed by atoms with E-state index in [0.717, 1.165) is 18.7 Å². The van der Waals surface area contributed by atoms with E-state index in [1.54, 1.807) is 12.4 Å². The van der Waals surface area contributed by atoms with E-state index in [4.69, 9.17) is 0 Å². The Balaban J connectivity index is 1.91. The van der Waals surface area contributed by atoms with Crippen LogP contribution in [0.5, 0.6) is 0 Å². The normalized spacial score (nSPS) is 18.2. The van der Waals surface area contributed by atoms with Crippen molar-refractivity contribution < 1.29 is 4.79 Å². The highest BCUT2D eigenvalue weighted by Gasteiger charge is 2.28. The van der Waals surface area contributed by atoms with E-state index in [0.29, 0.717) is 18.1 Å². The molecule has 1 N–H and O–H groups in total. The SMILES string of the molecule is CC(C(=O)Cc1ccncc1)C1CNC1. The Morgan fingerprint density at radius 2 is 2.20 bits per heavy atom. The number of aromatic nitrogens is 1. The standard InChI is InChI=1S/C12H16N2O/c1-9(11-7-14-8-11)12(15)6-10-2-4-13-5-3-10/h2-5,9,11,14H,6-8H2,1H3. The van der Waals surface area contributed by atoms with Crippen LogP contribution in [0.1, 0.15) is 12.5 Å². The lowest BCUT2D eigenvalue weighted by molar-refractivity contribution is -0.123. The van der Waals surface area contributed by atoms with Crippen molar-refractivity contribution in [3.8, 4) is 0 Å². The van der Waals surface area contributed by atoms with E-state index in [1.165, 1.54) is 0 Å². The van der Waals surface area contributed by atoms with Crippen molar-refractivity contribution in [1.29, 1.82) is 0 Å². The number of hydrogen-bond acceptors (Lipinski definition) is 3. The zero-order valence-corrected chi connectivity index (χ0v) is 8.94. The van der Waals surface area contributed by atoms with Gasteiger partial charge in [0.05, 0.1) is 0 Å². The molecule has 0 bridgehead atoms. The van der Waals surface area contributed by atoms with Gasteiger partial charge in [0.15, 0.2) is 0 Å². The third kappa shape index (κ3) is 2.42. The molecule has 1 atom stereocenters. The van der Waals surface area contributed by atoms with Crippen LogP contribution in [0.15, 0.2) is 24.5 Å². The van der Waals surface area contributed by atoms with Crippen molar-refractivity contribution in [2.24, 2.45) is 11.8 Å². The van der Waals surface area contributed by atoms with Crippen LogP contribution in [0.25, 0.3) is 0 Å². The zero-order chi connectivity index (χ0) is 10.7. The van der Waals surface area contributed by atoms with Gasteiger partial charge in [-0.15, -0.1) is 0 Å². The second-order valence-electron chi connectivity index (χ2n) is 4.21. The molecule has 80 valence electrons. The molecule has 0 spiro atoms. The first-order valence-electron chi connectivity index (χ1n) is 5.39. The average Bonchev–Trinajstić information content (AvgIpc) is 2.16. The van der Waals surface area contributed by atoms with Crippen molar-refractivity contribution in [2.45, 2.75) is 13.3 Å². The fourth-order valence-electron chi connectivity index (χ4n) is 1.79. The van der Waals surface area contributed by atoms with Gasteiger partial charge in [-0.2, -0.15) is 0 Å². The number of nitrogens with zero attached hydrogens (tertiary/aromatic N) is 1. The van der Waals surface area contributed by atoms with Gasteiger partial charge >= 0.3 is 0 Å². The smallest absolute Gasteiger partial charge is 0.140 e. The lowest BCUT2D eigenvalue weighted by Crippen LogP contribution is -2.47. The molecule has 0 aromatic carbocycles. The van der Waals surface area contributed by atoms with Crippen LogP contribution in [-0.2, 0) is 11.2 Å². The molecule has 1 aliphatic rings. The van der Waals surface area contributed by atoms with Crippen molar-refractivity contribution in [2.75, 3.05) is 13.1 Å². The van der Waals surface area contributed by atoms with Crippen molar-refractivity contribution in [3.63, 3.8) is 0 Å². The summed E-state index contributed by atoms with van der Waals surface area (Å²) in [5.74, 6) is 1.06. The lowest BCUT2D eigenvalue weighted by Gasteiger charge is -2.31. The fourth-order valence-corrected chi connectivity index (χ4v) is 1.79. The van der Waals surface area contributed by atoms with Crippen molar-refractivity contribution >= 4 is 5.78 Å². The molecule has 1 aromatic rings. The van der Waals surface area contributed by atoms with E-state index in [2.05, 4.69) is 10.3 Å². The molecule has 1 aliphatic heterocycles. The lowest BCUT2D eigenvalue weighted by atomic mass is 9.84. The molecule has 0 radical (unpaired) electrons. The molecule has 1 unspecified atom stereocenters. The second kappa shape index (κ2) is 4.53. The van der Waals surface area contributed by atoms with Gasteiger partial charge in [-0.1, -0.05) is 6.92 Å². The highest BCUT2D eigenvalue weighted by molar-refractivity contribution is 5.83. The van der Waals surface area contributed by atoms with E-state index in [1.807, 2.05) is 19.1 Å². The van der Waals surface area contributed by atoms with E-state index in [-0.39, 0.29) is 5.92 Å². The highest BCUT2D eigenvalue weighted by atomic mass is 16.1. The minimum atomic E-state index is 0.180. The van der Waals surface area contributed by atoms with Gasteiger partial charge in [0.2, 0.25) is 0 Å². The summed E-state index contributed by atoms with van der Waals surface area (Å²) in [6, 6.07) is 3.81. The quantitative estimate of drug-likeness (QED) is 0.797. The maximum absolute atomic E-state index is 11.9. The summed E-state index contributed by atoms with van der Waals surface area (Å²) < 4.78 is 0. The van der Waals surface area contributed by atoms with Crippen LogP contribution >= 0.6 is 0 Å². The average molecular weight is 204 g/mol. The predicted molar refractivity (Wildman–Crippen MR) is 58.5 cm³/mol. The molecule has 1 aromatic heterocycles. The Morgan fingerprint density at radius 3 is 2.73 bits per heavy atom. The first-order valence-corrected chi connectivity index (χ1v) is 5.39. The molecule has 15 heavy (non-hydrogen) atoms. The first-order chi connectivity index (χ1) is 7.27. The summed E-state index contributed by atoms with van der Waals surface area (Å²) in [6.45, 7) is 4.02. The number of hydrogen-bond donors (Lipinski definition) is 1. The predicted octanol–water partition coefficient (Wildman–Crippen LogP) is 1.05. The van der Waals surface area contributed by atoms with Gasteiger partial charge in [0, 0.05) is 24.7 Å². The molecular formula is C12H16N2O. The molecule has 0 aliphatic carbocycles. The molecule has 2 heterocycles. The van der Waals surface area contributed by atoms with Gasteiger partial charge in [0.1, 0.15) is 5.78 Å². The third-order valence-electron chi connectivity index (χ3n) is 3.16. The molecule has 1 saturated heterocycles. The van der Waals surface area contributed by atoms with Crippen molar-refractivity contribution in [3.05, 3.63) is 30.1 Å². The summed E-state index contributed by atoms with van der Waals surface area (Å²) >= 11 is 0. The fraction of sp³-hybridized carbons (Fsp3) is 0.500. The molecule has 0 amide bonds. The number of pyridine rings is 1. The minimum Gasteiger partial charge on any atom is -0.316 e. The number of rotatable bonds is 4.